The van der Waals surface area contributed by atoms with Gasteiger partial charge in [-0.15, -0.1) is 0 Å². The van der Waals surface area contributed by atoms with Gasteiger partial charge in [0.1, 0.15) is 0 Å². The first-order chi connectivity index (χ1) is 8.97. The molecule has 0 unspecified atom stereocenters. The Labute approximate surface area is 118 Å². The molecule has 6 heteroatoms. The smallest absolute Gasteiger partial charge is 0.273 e. The Bertz CT molecular complexity index is 545. The van der Waals surface area contributed by atoms with Crippen molar-refractivity contribution in [2.24, 2.45) is 0 Å². The highest BCUT2D eigenvalue weighted by atomic mass is 16.6. The Kier molecular flexibility index (Phi) is 4.19. The van der Waals surface area contributed by atoms with E-state index in [4.69, 9.17) is 0 Å². The Hall–Kier alpha value is -1.95. The minimum atomic E-state index is -1.13. The van der Waals surface area contributed by atoms with Crippen molar-refractivity contribution in [3.05, 3.63) is 39.4 Å². The first-order valence-corrected chi connectivity index (χ1v) is 6.26. The monoisotopic (exact) mass is 280 g/mol. The van der Waals surface area contributed by atoms with E-state index in [0.717, 1.165) is 0 Å². The number of carbonyl (C=O) groups is 1. The van der Waals surface area contributed by atoms with Crippen LogP contribution in [0.1, 0.15) is 43.6 Å². The largest absolute Gasteiger partial charge is 0.388 e. The molecule has 0 fully saturated rings. The van der Waals surface area contributed by atoms with Gasteiger partial charge in [-0.3, -0.25) is 14.9 Å². The number of nitro groups is 1. The van der Waals surface area contributed by atoms with Gasteiger partial charge in [-0.1, -0.05) is 6.07 Å². The topological polar surface area (TPSA) is 92.5 Å². The minimum absolute atomic E-state index is 0.0984. The molecule has 0 heterocycles. The number of hydrogen-bond donors (Lipinski definition) is 2. The number of rotatable bonds is 4. The fourth-order valence-corrected chi connectivity index (χ4v) is 1.57. The van der Waals surface area contributed by atoms with Gasteiger partial charge >= 0.3 is 0 Å². The van der Waals surface area contributed by atoms with Crippen molar-refractivity contribution in [1.29, 1.82) is 0 Å². The summed E-state index contributed by atoms with van der Waals surface area (Å²) in [5.74, 6) is -0.446. The van der Waals surface area contributed by atoms with Gasteiger partial charge in [-0.25, -0.2) is 0 Å². The number of nitrogens with zero attached hydrogens (tertiary/aromatic N) is 1. The molecule has 0 spiro atoms. The van der Waals surface area contributed by atoms with Crippen molar-refractivity contribution in [3.8, 4) is 0 Å². The lowest BCUT2D eigenvalue weighted by Gasteiger charge is -2.38. The molecular weight excluding hydrogens is 260 g/mol. The zero-order valence-electron chi connectivity index (χ0n) is 12.4. The first kappa shape index (κ1) is 16.1. The van der Waals surface area contributed by atoms with Crippen LogP contribution in [0.3, 0.4) is 0 Å². The van der Waals surface area contributed by atoms with Crippen LogP contribution >= 0.6 is 0 Å². The van der Waals surface area contributed by atoms with E-state index < -0.39 is 22.0 Å². The lowest BCUT2D eigenvalue weighted by molar-refractivity contribution is -0.385. The maximum atomic E-state index is 12.3. The lowest BCUT2D eigenvalue weighted by Crippen LogP contribution is -2.57. The molecule has 1 rings (SSSR count). The number of carbonyl (C=O) groups excluding carboxylic acids is 1. The fraction of sp³-hybridized carbons (Fsp3) is 0.500. The summed E-state index contributed by atoms with van der Waals surface area (Å²) in [4.78, 5) is 22.6. The van der Waals surface area contributed by atoms with Crippen molar-refractivity contribution in [1.82, 2.24) is 5.32 Å². The summed E-state index contributed by atoms with van der Waals surface area (Å²) in [5.41, 5.74) is -1.56. The third kappa shape index (κ3) is 3.14. The van der Waals surface area contributed by atoms with Gasteiger partial charge in [-0.2, -0.15) is 0 Å². The van der Waals surface area contributed by atoms with Gasteiger partial charge < -0.3 is 10.4 Å². The van der Waals surface area contributed by atoms with E-state index in [1.807, 2.05) is 0 Å². The number of nitro benzene ring substituents is 1. The molecule has 0 aliphatic heterocycles. The van der Waals surface area contributed by atoms with Crippen molar-refractivity contribution in [2.45, 2.75) is 45.8 Å². The van der Waals surface area contributed by atoms with Crippen molar-refractivity contribution in [2.75, 3.05) is 0 Å². The van der Waals surface area contributed by atoms with E-state index in [-0.39, 0.29) is 11.3 Å². The molecule has 0 saturated carbocycles. The average molecular weight is 280 g/mol. The molecule has 20 heavy (non-hydrogen) atoms. The summed E-state index contributed by atoms with van der Waals surface area (Å²) in [5, 5.41) is 23.6. The van der Waals surface area contributed by atoms with Crippen LogP contribution in [0.15, 0.2) is 18.2 Å². The maximum Gasteiger partial charge on any atom is 0.273 e. The summed E-state index contributed by atoms with van der Waals surface area (Å²) in [6, 6.07) is 4.35. The second-order valence-corrected chi connectivity index (χ2v) is 5.84. The molecule has 6 nitrogen and oxygen atoms in total. The van der Waals surface area contributed by atoms with Gasteiger partial charge in [0, 0.05) is 17.2 Å². The fourth-order valence-electron chi connectivity index (χ4n) is 1.57. The first-order valence-electron chi connectivity index (χ1n) is 6.26. The molecule has 0 atom stereocenters. The predicted octanol–water partition coefficient (Wildman–Crippen LogP) is 2.18. The SMILES string of the molecule is Cc1c(C(=O)NC(C)(C)C(C)(C)O)cccc1[N+](=O)[O-]. The van der Waals surface area contributed by atoms with Gasteiger partial charge in [0.05, 0.1) is 16.1 Å². The zero-order chi connectivity index (χ0) is 15.7. The highest BCUT2D eigenvalue weighted by molar-refractivity contribution is 5.97. The van der Waals surface area contributed by atoms with Crippen LogP contribution < -0.4 is 5.32 Å². The standard InChI is InChI=1S/C14H20N2O4/c1-9-10(7-6-8-11(9)16(19)20)12(17)15-13(2,3)14(4,5)18/h6-8,18H,1-5H3,(H,15,17). The summed E-state index contributed by atoms with van der Waals surface area (Å²) >= 11 is 0. The van der Waals surface area contributed by atoms with Gasteiger partial charge in [0.15, 0.2) is 0 Å². The maximum absolute atomic E-state index is 12.3. The van der Waals surface area contributed by atoms with E-state index in [0.29, 0.717) is 5.56 Å². The molecule has 0 aromatic heterocycles. The molecule has 110 valence electrons. The highest BCUT2D eigenvalue weighted by Gasteiger charge is 2.37. The van der Waals surface area contributed by atoms with Crippen LogP contribution in [0.2, 0.25) is 0 Å². The third-order valence-electron chi connectivity index (χ3n) is 3.70. The molecule has 0 saturated heterocycles. The number of amides is 1. The molecule has 0 aliphatic carbocycles. The molecule has 0 bridgehead atoms. The molecule has 0 radical (unpaired) electrons. The van der Waals surface area contributed by atoms with Crippen molar-refractivity contribution in [3.63, 3.8) is 0 Å². The van der Waals surface area contributed by atoms with Crippen molar-refractivity contribution < 1.29 is 14.8 Å². The minimum Gasteiger partial charge on any atom is -0.388 e. The second kappa shape index (κ2) is 5.20. The van der Waals surface area contributed by atoms with E-state index in [1.54, 1.807) is 27.7 Å². The van der Waals surface area contributed by atoms with Crippen molar-refractivity contribution >= 4 is 11.6 Å². The number of benzene rings is 1. The van der Waals surface area contributed by atoms with E-state index in [9.17, 15) is 20.0 Å². The lowest BCUT2D eigenvalue weighted by atomic mass is 9.85. The summed E-state index contributed by atoms with van der Waals surface area (Å²) in [7, 11) is 0. The normalized spacial score (nSPS) is 12.1. The summed E-state index contributed by atoms with van der Waals surface area (Å²) < 4.78 is 0. The van der Waals surface area contributed by atoms with E-state index in [1.165, 1.54) is 25.1 Å². The van der Waals surface area contributed by atoms with E-state index in [2.05, 4.69) is 5.32 Å². The predicted molar refractivity (Wildman–Crippen MR) is 75.7 cm³/mol. The summed E-state index contributed by atoms with van der Waals surface area (Å²) in [6.45, 7) is 8.10. The second-order valence-electron chi connectivity index (χ2n) is 5.84. The highest BCUT2D eigenvalue weighted by Crippen LogP contribution is 2.24. The van der Waals surface area contributed by atoms with Gasteiger partial charge in [0.2, 0.25) is 0 Å². The Morgan fingerprint density at radius 2 is 1.85 bits per heavy atom. The Morgan fingerprint density at radius 3 is 2.30 bits per heavy atom. The molecule has 0 aliphatic rings. The zero-order valence-corrected chi connectivity index (χ0v) is 12.4. The Morgan fingerprint density at radius 1 is 1.30 bits per heavy atom. The van der Waals surface area contributed by atoms with Crippen LogP contribution in [-0.2, 0) is 0 Å². The van der Waals surface area contributed by atoms with Crippen LogP contribution in [0, 0.1) is 17.0 Å². The molecule has 1 aromatic carbocycles. The number of hydrogen-bond acceptors (Lipinski definition) is 4. The third-order valence-corrected chi connectivity index (χ3v) is 3.70. The molecule has 1 aromatic rings. The quantitative estimate of drug-likeness (QED) is 0.653. The average Bonchev–Trinajstić information content (AvgIpc) is 2.26. The van der Waals surface area contributed by atoms with Gasteiger partial charge in [0.25, 0.3) is 11.6 Å². The number of aliphatic hydroxyl groups is 1. The molecule has 2 N–H and O–H groups in total. The van der Waals surface area contributed by atoms with Crippen LogP contribution in [0.5, 0.6) is 0 Å². The molecular formula is C14H20N2O4. The van der Waals surface area contributed by atoms with E-state index >= 15 is 0 Å². The Balaban J connectivity index is 3.12. The number of nitrogens with one attached hydrogen (secondary N) is 1. The summed E-state index contributed by atoms with van der Waals surface area (Å²) in [6.07, 6.45) is 0. The molecule has 1 amide bonds. The van der Waals surface area contributed by atoms with Crippen LogP contribution in [0.25, 0.3) is 0 Å². The van der Waals surface area contributed by atoms with Gasteiger partial charge in [-0.05, 0) is 40.7 Å². The van der Waals surface area contributed by atoms with Crippen LogP contribution in [0.4, 0.5) is 5.69 Å². The van der Waals surface area contributed by atoms with Crippen LogP contribution in [-0.4, -0.2) is 27.1 Å².